The summed E-state index contributed by atoms with van der Waals surface area (Å²) >= 11 is 0. The van der Waals surface area contributed by atoms with Gasteiger partial charge in [0, 0.05) is 11.6 Å². The van der Waals surface area contributed by atoms with Crippen LogP contribution < -0.4 is 5.32 Å². The zero-order chi connectivity index (χ0) is 19.4. The number of carbonyl (C=O) groups is 1. The predicted octanol–water partition coefficient (Wildman–Crippen LogP) is 3.78. The van der Waals surface area contributed by atoms with E-state index < -0.39 is 17.6 Å². The van der Waals surface area contributed by atoms with E-state index in [0.717, 1.165) is 17.9 Å². The Hall–Kier alpha value is -3.47. The summed E-state index contributed by atoms with van der Waals surface area (Å²) in [5.74, 6) is 6.04. The molecular weight excluding hydrogens is 359 g/mol. The molecule has 138 valence electrons. The Morgan fingerprint density at radius 3 is 2.78 bits per heavy atom. The van der Waals surface area contributed by atoms with Crippen molar-refractivity contribution in [2.24, 2.45) is 0 Å². The van der Waals surface area contributed by atoms with E-state index >= 15 is 0 Å². The molecule has 0 aliphatic heterocycles. The third kappa shape index (κ3) is 4.58. The van der Waals surface area contributed by atoms with Crippen LogP contribution in [-0.2, 0) is 6.18 Å². The Balaban J connectivity index is 1.60. The first-order valence-corrected chi connectivity index (χ1v) is 7.89. The molecule has 0 unspecified atom stereocenters. The third-order valence-electron chi connectivity index (χ3n) is 3.58. The van der Waals surface area contributed by atoms with E-state index in [0.29, 0.717) is 11.5 Å². The van der Waals surface area contributed by atoms with Gasteiger partial charge in [-0.15, -0.1) is 0 Å². The largest absolute Gasteiger partial charge is 0.460 e. The number of rotatable bonds is 3. The minimum absolute atomic E-state index is 0.0306. The van der Waals surface area contributed by atoms with E-state index in [-0.39, 0.29) is 17.8 Å². The van der Waals surface area contributed by atoms with Crippen molar-refractivity contribution in [2.45, 2.75) is 13.1 Å². The number of nitrogens with one attached hydrogen (secondary N) is 2. The molecule has 0 aliphatic carbocycles. The summed E-state index contributed by atoms with van der Waals surface area (Å²) in [7, 11) is 0. The van der Waals surface area contributed by atoms with Crippen LogP contribution in [0.5, 0.6) is 0 Å². The fraction of sp³-hybridized carbons (Fsp3) is 0.158. The summed E-state index contributed by atoms with van der Waals surface area (Å²) in [6.45, 7) is 1.77. The van der Waals surface area contributed by atoms with Crippen molar-refractivity contribution >= 4 is 5.91 Å². The van der Waals surface area contributed by atoms with Crippen molar-refractivity contribution < 1.29 is 22.4 Å². The monoisotopic (exact) mass is 373 g/mol. The van der Waals surface area contributed by atoms with Gasteiger partial charge in [0.25, 0.3) is 5.91 Å². The number of H-pyrrole nitrogens is 1. The van der Waals surface area contributed by atoms with Crippen LogP contribution in [0.15, 0.2) is 46.9 Å². The second-order valence-corrected chi connectivity index (χ2v) is 5.64. The highest BCUT2D eigenvalue weighted by Gasteiger charge is 2.30. The molecule has 2 N–H and O–H groups in total. The van der Waals surface area contributed by atoms with E-state index in [9.17, 15) is 18.0 Å². The second kappa shape index (κ2) is 7.41. The number of nitrogens with zero attached hydrogens (tertiary/aromatic N) is 1. The van der Waals surface area contributed by atoms with Crippen LogP contribution in [-0.4, -0.2) is 22.6 Å². The Bertz CT molecular complexity index is 1020. The number of halogens is 3. The van der Waals surface area contributed by atoms with Crippen LogP contribution >= 0.6 is 0 Å². The Labute approximate surface area is 152 Å². The number of aryl methyl sites for hydroxylation is 1. The lowest BCUT2D eigenvalue weighted by atomic mass is 10.1. The molecule has 8 heteroatoms. The second-order valence-electron chi connectivity index (χ2n) is 5.64. The number of aromatic amines is 1. The Kier molecular flexibility index (Phi) is 5.03. The Morgan fingerprint density at radius 1 is 1.26 bits per heavy atom. The third-order valence-corrected chi connectivity index (χ3v) is 3.58. The van der Waals surface area contributed by atoms with Gasteiger partial charge in [-0.3, -0.25) is 9.89 Å². The minimum Gasteiger partial charge on any atom is -0.460 e. The summed E-state index contributed by atoms with van der Waals surface area (Å²) in [5.41, 5.74) is 0.160. The van der Waals surface area contributed by atoms with Gasteiger partial charge in [-0.25, -0.2) is 0 Å². The Morgan fingerprint density at radius 2 is 2.07 bits per heavy atom. The minimum atomic E-state index is -4.42. The van der Waals surface area contributed by atoms with Crippen LogP contribution in [0.4, 0.5) is 13.2 Å². The molecule has 0 bridgehead atoms. The highest BCUT2D eigenvalue weighted by molar-refractivity contribution is 5.93. The molecule has 0 radical (unpaired) electrons. The van der Waals surface area contributed by atoms with Crippen molar-refractivity contribution in [3.05, 3.63) is 65.0 Å². The van der Waals surface area contributed by atoms with Crippen LogP contribution in [0.1, 0.15) is 27.4 Å². The van der Waals surface area contributed by atoms with E-state index in [2.05, 4.69) is 27.4 Å². The fourth-order valence-electron chi connectivity index (χ4n) is 2.28. The van der Waals surface area contributed by atoms with Crippen LogP contribution in [0.3, 0.4) is 0 Å². The van der Waals surface area contributed by atoms with Gasteiger partial charge in [0.15, 0.2) is 11.5 Å². The number of hydrogen-bond acceptors (Lipinski definition) is 3. The maximum Gasteiger partial charge on any atom is 0.416 e. The van der Waals surface area contributed by atoms with Crippen molar-refractivity contribution in [2.75, 3.05) is 6.54 Å². The molecule has 27 heavy (non-hydrogen) atoms. The van der Waals surface area contributed by atoms with Gasteiger partial charge in [0.2, 0.25) is 0 Å². The molecule has 5 nitrogen and oxygen atoms in total. The summed E-state index contributed by atoms with van der Waals surface area (Å²) < 4.78 is 43.4. The fourth-order valence-corrected chi connectivity index (χ4v) is 2.28. The molecule has 0 fully saturated rings. The summed E-state index contributed by atoms with van der Waals surface area (Å²) in [5, 5.41) is 9.15. The number of furan rings is 1. The van der Waals surface area contributed by atoms with E-state index in [1.54, 1.807) is 19.1 Å². The summed E-state index contributed by atoms with van der Waals surface area (Å²) in [6, 6.07) is 9.77. The average Bonchev–Trinajstić information content (AvgIpc) is 3.27. The van der Waals surface area contributed by atoms with Crippen molar-refractivity contribution in [3.63, 3.8) is 0 Å². The highest BCUT2D eigenvalue weighted by atomic mass is 19.4. The average molecular weight is 373 g/mol. The molecule has 3 rings (SSSR count). The van der Waals surface area contributed by atoms with Gasteiger partial charge in [-0.05, 0) is 37.3 Å². The quantitative estimate of drug-likeness (QED) is 0.687. The van der Waals surface area contributed by atoms with Gasteiger partial charge < -0.3 is 9.73 Å². The van der Waals surface area contributed by atoms with Gasteiger partial charge >= 0.3 is 6.18 Å². The van der Waals surface area contributed by atoms with E-state index in [4.69, 9.17) is 4.42 Å². The van der Waals surface area contributed by atoms with E-state index in [1.807, 2.05) is 0 Å². The number of carbonyl (C=O) groups excluding carboxylic acids is 1. The van der Waals surface area contributed by atoms with Crippen LogP contribution in [0.25, 0.3) is 11.5 Å². The van der Waals surface area contributed by atoms with Crippen LogP contribution in [0.2, 0.25) is 0 Å². The molecule has 0 spiro atoms. The van der Waals surface area contributed by atoms with Gasteiger partial charge in [0.1, 0.15) is 11.5 Å². The molecule has 1 amide bonds. The first-order chi connectivity index (χ1) is 12.8. The lowest BCUT2D eigenvalue weighted by molar-refractivity contribution is -0.137. The molecule has 0 saturated heterocycles. The van der Waals surface area contributed by atoms with Crippen molar-refractivity contribution in [1.82, 2.24) is 15.5 Å². The zero-order valence-electron chi connectivity index (χ0n) is 14.1. The molecule has 2 aromatic heterocycles. The van der Waals surface area contributed by atoms with Gasteiger partial charge in [0.05, 0.1) is 12.1 Å². The molecule has 2 heterocycles. The SMILES string of the molecule is Cc1ccc(-c2cc(C(=O)NCC#Cc3cccc(C(F)(F)F)c3)n[nH]2)o1. The highest BCUT2D eigenvalue weighted by Crippen LogP contribution is 2.29. The lowest BCUT2D eigenvalue weighted by Gasteiger charge is -2.05. The molecule has 0 atom stereocenters. The number of hydrogen-bond donors (Lipinski definition) is 2. The first kappa shape index (κ1) is 18.3. The molecule has 1 aromatic carbocycles. The number of benzene rings is 1. The van der Waals surface area contributed by atoms with Crippen LogP contribution in [0, 0.1) is 18.8 Å². The maximum absolute atomic E-state index is 12.7. The predicted molar refractivity (Wildman–Crippen MR) is 91.7 cm³/mol. The van der Waals surface area contributed by atoms with E-state index in [1.165, 1.54) is 18.2 Å². The van der Waals surface area contributed by atoms with Crippen molar-refractivity contribution in [1.29, 1.82) is 0 Å². The number of alkyl halides is 3. The molecular formula is C19H14F3N3O2. The molecule has 3 aromatic rings. The first-order valence-electron chi connectivity index (χ1n) is 7.89. The summed E-state index contributed by atoms with van der Waals surface area (Å²) in [4.78, 5) is 12.1. The standard InChI is InChI=1S/C19H14F3N3O2/c1-12-7-8-17(27-12)15-11-16(25-24-15)18(26)23-9-3-5-13-4-2-6-14(10-13)19(20,21)22/h2,4,6-8,10-11H,9H2,1H3,(H,23,26)(H,24,25). The topological polar surface area (TPSA) is 70.9 Å². The normalized spacial score (nSPS) is 11.0. The number of aromatic nitrogens is 2. The summed E-state index contributed by atoms with van der Waals surface area (Å²) in [6.07, 6.45) is -4.42. The number of amides is 1. The molecule has 0 saturated carbocycles. The van der Waals surface area contributed by atoms with Gasteiger partial charge in [-0.2, -0.15) is 18.3 Å². The maximum atomic E-state index is 12.7. The van der Waals surface area contributed by atoms with Crippen molar-refractivity contribution in [3.8, 4) is 23.3 Å². The zero-order valence-corrected chi connectivity index (χ0v) is 14.1. The smallest absolute Gasteiger partial charge is 0.416 e. The molecule has 0 aliphatic rings. The lowest BCUT2D eigenvalue weighted by Crippen LogP contribution is -2.23. The van der Waals surface area contributed by atoms with Gasteiger partial charge in [-0.1, -0.05) is 17.9 Å².